The van der Waals surface area contributed by atoms with Gasteiger partial charge in [-0.25, -0.2) is 0 Å². The van der Waals surface area contributed by atoms with Crippen molar-refractivity contribution in [2.75, 3.05) is 0 Å². The Morgan fingerprint density at radius 3 is 2.36 bits per heavy atom. The molecule has 3 aliphatic carbocycles. The zero-order valence-corrected chi connectivity index (χ0v) is 14.5. The number of rotatable bonds is 1. The minimum atomic E-state index is 0.982. The predicted molar refractivity (Wildman–Crippen MR) is 94.0 cm³/mol. The van der Waals surface area contributed by atoms with Crippen molar-refractivity contribution in [3.05, 3.63) is 34.9 Å². The van der Waals surface area contributed by atoms with Crippen molar-refractivity contribution < 1.29 is 0 Å². The lowest BCUT2D eigenvalue weighted by Gasteiger charge is -2.44. The summed E-state index contributed by atoms with van der Waals surface area (Å²) in [6, 6.07) is 7.18. The van der Waals surface area contributed by atoms with Crippen LogP contribution in [0.15, 0.2) is 18.2 Å². The Hall–Kier alpha value is -0.780. The minimum Gasteiger partial charge on any atom is -0.0625 e. The molecule has 0 N–H and O–H groups in total. The van der Waals surface area contributed by atoms with E-state index in [4.69, 9.17) is 0 Å². The molecular weight excluding hydrogens is 264 g/mol. The number of benzene rings is 1. The second-order valence-electron chi connectivity index (χ2n) is 8.79. The molecular formula is C22H32. The van der Waals surface area contributed by atoms with Crippen molar-refractivity contribution in [1.82, 2.24) is 0 Å². The topological polar surface area (TPSA) is 0 Å². The molecule has 0 heteroatoms. The zero-order chi connectivity index (χ0) is 15.1. The second-order valence-corrected chi connectivity index (χ2v) is 8.79. The van der Waals surface area contributed by atoms with Gasteiger partial charge in [-0.3, -0.25) is 0 Å². The average Bonchev–Trinajstić information content (AvgIpc) is 2.54. The van der Waals surface area contributed by atoms with Crippen LogP contribution in [0.4, 0.5) is 0 Å². The predicted octanol–water partition coefficient (Wildman–Crippen LogP) is 5.95. The van der Waals surface area contributed by atoms with Gasteiger partial charge in [0.1, 0.15) is 0 Å². The molecule has 0 saturated heterocycles. The fourth-order valence-corrected chi connectivity index (χ4v) is 5.90. The van der Waals surface area contributed by atoms with Gasteiger partial charge in [-0.1, -0.05) is 37.1 Å². The van der Waals surface area contributed by atoms with Crippen LogP contribution in [0.3, 0.4) is 0 Å². The molecule has 2 saturated carbocycles. The summed E-state index contributed by atoms with van der Waals surface area (Å²) in [6.07, 6.45) is 13.3. The molecule has 0 bridgehead atoms. The van der Waals surface area contributed by atoms with Crippen molar-refractivity contribution in [3.8, 4) is 0 Å². The van der Waals surface area contributed by atoms with Crippen molar-refractivity contribution >= 4 is 0 Å². The summed E-state index contributed by atoms with van der Waals surface area (Å²) in [5.74, 6) is 5.18. The summed E-state index contributed by atoms with van der Waals surface area (Å²) >= 11 is 0. The quantitative estimate of drug-likeness (QED) is 0.600. The van der Waals surface area contributed by atoms with E-state index >= 15 is 0 Å². The third-order valence-electron chi connectivity index (χ3n) is 7.21. The first-order valence-electron chi connectivity index (χ1n) is 9.77. The highest BCUT2D eigenvalue weighted by Crippen LogP contribution is 2.48. The van der Waals surface area contributed by atoms with Crippen LogP contribution in [-0.4, -0.2) is 0 Å². The van der Waals surface area contributed by atoms with E-state index in [1.165, 1.54) is 56.9 Å². The molecule has 1 aromatic carbocycles. The van der Waals surface area contributed by atoms with Gasteiger partial charge in [0.2, 0.25) is 0 Å². The zero-order valence-electron chi connectivity index (χ0n) is 14.5. The molecule has 22 heavy (non-hydrogen) atoms. The van der Waals surface area contributed by atoms with Crippen LogP contribution in [0.25, 0.3) is 0 Å². The van der Waals surface area contributed by atoms with Gasteiger partial charge in [0.15, 0.2) is 0 Å². The molecule has 3 aliphatic rings. The molecule has 0 amide bonds. The molecule has 5 atom stereocenters. The third-order valence-corrected chi connectivity index (χ3v) is 7.21. The first-order valence-corrected chi connectivity index (χ1v) is 9.77. The smallest absolute Gasteiger partial charge is 0.0245 e. The Balaban J connectivity index is 1.42. The Morgan fingerprint density at radius 1 is 0.773 bits per heavy atom. The van der Waals surface area contributed by atoms with E-state index in [0.29, 0.717) is 0 Å². The number of aryl methyl sites for hydroxylation is 2. The normalized spacial score (nSPS) is 38.2. The van der Waals surface area contributed by atoms with Crippen LogP contribution < -0.4 is 0 Å². The fraction of sp³-hybridized carbons (Fsp3) is 0.727. The van der Waals surface area contributed by atoms with Crippen molar-refractivity contribution in [3.63, 3.8) is 0 Å². The van der Waals surface area contributed by atoms with Gasteiger partial charge < -0.3 is 0 Å². The summed E-state index contributed by atoms with van der Waals surface area (Å²) in [4.78, 5) is 0. The molecule has 4 rings (SSSR count). The van der Waals surface area contributed by atoms with Crippen LogP contribution in [-0.2, 0) is 12.8 Å². The van der Waals surface area contributed by atoms with Gasteiger partial charge in [-0.15, -0.1) is 0 Å². The van der Waals surface area contributed by atoms with Crippen LogP contribution in [0, 0.1) is 36.5 Å². The lowest BCUT2D eigenvalue weighted by molar-refractivity contribution is 0.0757. The Bertz CT molecular complexity index is 529. The maximum absolute atomic E-state index is 2.47. The lowest BCUT2D eigenvalue weighted by atomic mass is 9.61. The monoisotopic (exact) mass is 296 g/mol. The highest BCUT2D eigenvalue weighted by atomic mass is 14.4. The molecule has 0 heterocycles. The summed E-state index contributed by atoms with van der Waals surface area (Å²) < 4.78 is 0. The maximum Gasteiger partial charge on any atom is -0.0245 e. The van der Waals surface area contributed by atoms with E-state index in [9.17, 15) is 0 Å². The molecule has 0 spiro atoms. The first kappa shape index (κ1) is 14.8. The largest absolute Gasteiger partial charge is 0.0625 e. The number of hydrogen-bond donors (Lipinski definition) is 0. The molecule has 5 unspecified atom stereocenters. The second kappa shape index (κ2) is 6.02. The molecule has 120 valence electrons. The fourth-order valence-electron chi connectivity index (χ4n) is 5.90. The van der Waals surface area contributed by atoms with Gasteiger partial charge in [0.05, 0.1) is 0 Å². The van der Waals surface area contributed by atoms with E-state index in [0.717, 1.165) is 29.6 Å². The van der Waals surface area contributed by atoms with E-state index in [1.807, 2.05) is 0 Å². The molecule has 0 aliphatic heterocycles. The van der Waals surface area contributed by atoms with E-state index < -0.39 is 0 Å². The minimum absolute atomic E-state index is 0.982. The summed E-state index contributed by atoms with van der Waals surface area (Å²) in [5.41, 5.74) is 4.76. The lowest BCUT2D eigenvalue weighted by Crippen LogP contribution is -2.34. The molecule has 0 nitrogen and oxygen atoms in total. The van der Waals surface area contributed by atoms with E-state index in [1.54, 1.807) is 17.5 Å². The number of hydrogen-bond acceptors (Lipinski definition) is 0. The number of fused-ring (bicyclic) bond motifs is 2. The summed E-state index contributed by atoms with van der Waals surface area (Å²) in [5, 5.41) is 0. The van der Waals surface area contributed by atoms with Crippen LogP contribution in [0.2, 0.25) is 0 Å². The maximum atomic E-state index is 2.47. The highest BCUT2D eigenvalue weighted by Gasteiger charge is 2.37. The molecule has 0 radical (unpaired) electrons. The van der Waals surface area contributed by atoms with Crippen LogP contribution >= 0.6 is 0 Å². The van der Waals surface area contributed by atoms with Gasteiger partial charge in [-0.2, -0.15) is 0 Å². The average molecular weight is 296 g/mol. The highest BCUT2D eigenvalue weighted by molar-refractivity contribution is 5.33. The summed E-state index contributed by atoms with van der Waals surface area (Å²) in [7, 11) is 0. The van der Waals surface area contributed by atoms with Crippen molar-refractivity contribution in [2.45, 2.75) is 71.6 Å². The van der Waals surface area contributed by atoms with Crippen LogP contribution in [0.5, 0.6) is 0 Å². The Kier molecular flexibility index (Phi) is 4.05. The molecule has 2 fully saturated rings. The Morgan fingerprint density at radius 2 is 1.50 bits per heavy atom. The molecule has 1 aromatic rings. The van der Waals surface area contributed by atoms with Gasteiger partial charge in [0.25, 0.3) is 0 Å². The third kappa shape index (κ3) is 2.86. The van der Waals surface area contributed by atoms with Gasteiger partial charge in [-0.05, 0) is 99.0 Å². The summed E-state index contributed by atoms with van der Waals surface area (Å²) in [6.45, 7) is 4.71. The van der Waals surface area contributed by atoms with E-state index in [-0.39, 0.29) is 0 Å². The van der Waals surface area contributed by atoms with Crippen molar-refractivity contribution in [1.29, 1.82) is 0 Å². The van der Waals surface area contributed by atoms with E-state index in [2.05, 4.69) is 32.0 Å². The molecule has 0 aromatic heterocycles. The van der Waals surface area contributed by atoms with Crippen LogP contribution in [0.1, 0.15) is 68.6 Å². The first-order chi connectivity index (χ1) is 10.7. The Labute approximate surface area is 136 Å². The van der Waals surface area contributed by atoms with Gasteiger partial charge >= 0.3 is 0 Å². The standard InChI is InChI=1S/C22H32/c1-15-3-5-19-13-21(9-7-17(19)11-15)22-10-8-18-12-16(2)4-6-20(18)14-22/h3,5,11,16,18,20-22H,4,6-10,12-14H2,1-2H3. The SMILES string of the molecule is Cc1ccc2c(c1)CCC(C1CCC3CC(C)CCC3C1)C2. The van der Waals surface area contributed by atoms with Crippen molar-refractivity contribution in [2.24, 2.45) is 29.6 Å². The van der Waals surface area contributed by atoms with Gasteiger partial charge in [0, 0.05) is 0 Å².